The summed E-state index contributed by atoms with van der Waals surface area (Å²) in [6, 6.07) is 16.3. The van der Waals surface area contributed by atoms with E-state index in [1.807, 2.05) is 43.3 Å². The molecule has 0 spiro atoms. The second-order valence-electron chi connectivity index (χ2n) is 8.28. The first-order valence-corrected chi connectivity index (χ1v) is 12.4. The number of hydrogen-bond acceptors (Lipinski definition) is 5. The second-order valence-corrected chi connectivity index (χ2v) is 10.00. The highest BCUT2D eigenvalue weighted by molar-refractivity contribution is 7.89. The van der Waals surface area contributed by atoms with Crippen LogP contribution in [0.15, 0.2) is 71.8 Å². The molecule has 1 aliphatic heterocycles. The molecule has 2 aromatic carbocycles. The van der Waals surface area contributed by atoms with Crippen molar-refractivity contribution in [2.24, 2.45) is 0 Å². The lowest BCUT2D eigenvalue weighted by atomic mass is 10.1. The van der Waals surface area contributed by atoms with Gasteiger partial charge >= 0.3 is 0 Å². The third kappa shape index (κ3) is 5.32. The van der Waals surface area contributed by atoms with Crippen LogP contribution in [0.25, 0.3) is 0 Å². The Hall–Kier alpha value is -3.56. The average Bonchev–Trinajstić information content (AvgIpc) is 3.24. The fourth-order valence-electron chi connectivity index (χ4n) is 3.92. The number of sulfonamides is 1. The van der Waals surface area contributed by atoms with Crippen LogP contribution in [0.1, 0.15) is 23.6 Å². The zero-order valence-electron chi connectivity index (χ0n) is 19.0. The number of aryl methyl sites for hydroxylation is 1. The van der Waals surface area contributed by atoms with E-state index < -0.39 is 22.0 Å². The third-order valence-corrected chi connectivity index (χ3v) is 7.17. The van der Waals surface area contributed by atoms with Crippen LogP contribution in [0.5, 0.6) is 0 Å². The van der Waals surface area contributed by atoms with Crippen molar-refractivity contribution in [3.8, 4) is 0 Å². The molecule has 3 aromatic rings. The summed E-state index contributed by atoms with van der Waals surface area (Å²) in [5, 5.41) is 2.70. The Kier molecular flexibility index (Phi) is 6.76. The lowest BCUT2D eigenvalue weighted by Crippen LogP contribution is -2.45. The first kappa shape index (κ1) is 23.6. The molecular formula is C25H26N4O4S. The van der Waals surface area contributed by atoms with E-state index in [0.717, 1.165) is 22.4 Å². The summed E-state index contributed by atoms with van der Waals surface area (Å²) in [5.74, 6) is -0.251. The summed E-state index contributed by atoms with van der Waals surface area (Å²) in [5.41, 5.74) is 3.26. The maximum absolute atomic E-state index is 13.3. The van der Waals surface area contributed by atoms with Gasteiger partial charge in [0.15, 0.2) is 0 Å². The summed E-state index contributed by atoms with van der Waals surface area (Å²) < 4.78 is 29.1. The van der Waals surface area contributed by atoms with Crippen molar-refractivity contribution in [1.82, 2.24) is 9.71 Å². The van der Waals surface area contributed by atoms with E-state index in [9.17, 15) is 18.0 Å². The number of amides is 2. The molecule has 1 aliphatic rings. The van der Waals surface area contributed by atoms with E-state index in [1.165, 1.54) is 13.0 Å². The number of carbonyl (C=O) groups is 2. The molecule has 2 heterocycles. The minimum atomic E-state index is -4.02. The fraction of sp³-hybridized carbons (Fsp3) is 0.240. The van der Waals surface area contributed by atoms with E-state index in [0.29, 0.717) is 18.8 Å². The van der Waals surface area contributed by atoms with E-state index in [-0.39, 0.29) is 17.2 Å². The highest BCUT2D eigenvalue weighted by atomic mass is 32.2. The molecule has 0 bridgehead atoms. The normalized spacial score (nSPS) is 13.9. The molecule has 0 radical (unpaired) electrons. The largest absolute Gasteiger partial charge is 0.312 e. The Morgan fingerprint density at radius 2 is 1.85 bits per heavy atom. The Labute approximate surface area is 199 Å². The van der Waals surface area contributed by atoms with E-state index in [4.69, 9.17) is 0 Å². The molecule has 1 atom stereocenters. The molecular weight excluding hydrogens is 452 g/mol. The van der Waals surface area contributed by atoms with Crippen LogP contribution in [0.2, 0.25) is 0 Å². The predicted molar refractivity (Wildman–Crippen MR) is 130 cm³/mol. The molecule has 0 fully saturated rings. The van der Waals surface area contributed by atoms with Gasteiger partial charge in [0.05, 0.1) is 4.90 Å². The van der Waals surface area contributed by atoms with Gasteiger partial charge in [-0.05, 0) is 60.7 Å². The number of aromatic nitrogens is 1. The summed E-state index contributed by atoms with van der Waals surface area (Å²) in [6.45, 7) is 3.89. The van der Waals surface area contributed by atoms with Crippen LogP contribution in [0.4, 0.5) is 11.5 Å². The molecule has 0 saturated carbocycles. The zero-order valence-corrected chi connectivity index (χ0v) is 19.8. The minimum Gasteiger partial charge on any atom is -0.312 e. The van der Waals surface area contributed by atoms with E-state index >= 15 is 0 Å². The van der Waals surface area contributed by atoms with Gasteiger partial charge in [0.25, 0.3) is 0 Å². The van der Waals surface area contributed by atoms with Gasteiger partial charge in [0.1, 0.15) is 11.9 Å². The molecule has 34 heavy (non-hydrogen) atoms. The summed E-state index contributed by atoms with van der Waals surface area (Å²) in [6.07, 6.45) is 2.37. The van der Waals surface area contributed by atoms with Gasteiger partial charge in [-0.15, -0.1) is 0 Å². The third-order valence-electron chi connectivity index (χ3n) is 5.70. The topological polar surface area (TPSA) is 108 Å². The molecule has 1 unspecified atom stereocenters. The number of hydrogen-bond donors (Lipinski definition) is 2. The van der Waals surface area contributed by atoms with Crippen molar-refractivity contribution in [3.63, 3.8) is 0 Å². The number of carbonyl (C=O) groups excluding carboxylic acids is 2. The summed E-state index contributed by atoms with van der Waals surface area (Å²) >= 11 is 0. The van der Waals surface area contributed by atoms with Crippen LogP contribution >= 0.6 is 0 Å². The number of pyridine rings is 1. The lowest BCUT2D eigenvalue weighted by molar-refractivity contribution is -0.118. The van der Waals surface area contributed by atoms with Crippen molar-refractivity contribution in [3.05, 3.63) is 83.6 Å². The number of fused-ring (bicyclic) bond motifs is 1. The Morgan fingerprint density at radius 3 is 2.53 bits per heavy atom. The predicted octanol–water partition coefficient (Wildman–Crippen LogP) is 2.83. The van der Waals surface area contributed by atoms with Crippen molar-refractivity contribution in [2.75, 3.05) is 16.8 Å². The van der Waals surface area contributed by atoms with Crippen molar-refractivity contribution >= 4 is 33.3 Å². The lowest BCUT2D eigenvalue weighted by Gasteiger charge is -2.19. The molecule has 4 rings (SSSR count). The number of anilines is 2. The number of nitrogens with zero attached hydrogens (tertiary/aromatic N) is 2. The van der Waals surface area contributed by atoms with Gasteiger partial charge < -0.3 is 10.2 Å². The smallest absolute Gasteiger partial charge is 0.244 e. The molecule has 0 saturated heterocycles. The Morgan fingerprint density at radius 1 is 1.09 bits per heavy atom. The molecule has 2 amide bonds. The quantitative estimate of drug-likeness (QED) is 0.543. The van der Waals surface area contributed by atoms with Crippen molar-refractivity contribution in [2.45, 2.75) is 37.6 Å². The molecule has 176 valence electrons. The first-order valence-electron chi connectivity index (χ1n) is 10.9. The highest BCUT2D eigenvalue weighted by Crippen LogP contribution is 2.30. The Balaban J connectivity index is 1.59. The Bertz CT molecular complexity index is 1310. The molecule has 9 heteroatoms. The van der Waals surface area contributed by atoms with Gasteiger partial charge in [0.2, 0.25) is 21.8 Å². The van der Waals surface area contributed by atoms with Gasteiger partial charge in [-0.1, -0.05) is 36.4 Å². The standard InChI is InChI=1S/C25H26N4O4S/c1-17-8-11-24(26-16-17)27-25(31)22(14-19-6-4-3-5-7-19)28-34(32,33)21-9-10-23-20(15-21)12-13-29(23)18(2)30/h3-11,15-16,22,28H,12-14H2,1-2H3,(H,26,27,31). The molecule has 1 aromatic heterocycles. The van der Waals surface area contributed by atoms with Crippen LogP contribution in [0.3, 0.4) is 0 Å². The molecule has 2 N–H and O–H groups in total. The van der Waals surface area contributed by atoms with Gasteiger partial charge in [-0.2, -0.15) is 4.72 Å². The van der Waals surface area contributed by atoms with Crippen molar-refractivity contribution < 1.29 is 18.0 Å². The maximum Gasteiger partial charge on any atom is 0.244 e. The number of nitrogens with one attached hydrogen (secondary N) is 2. The first-order chi connectivity index (χ1) is 16.2. The van der Waals surface area contributed by atoms with Crippen molar-refractivity contribution in [1.29, 1.82) is 0 Å². The SMILES string of the molecule is CC(=O)N1CCc2cc(S(=O)(=O)NC(Cc3ccccc3)C(=O)Nc3ccc(C)cn3)ccc21. The molecule has 0 aliphatic carbocycles. The van der Waals surface area contributed by atoms with E-state index in [1.54, 1.807) is 29.3 Å². The summed E-state index contributed by atoms with van der Waals surface area (Å²) in [7, 11) is -4.02. The monoisotopic (exact) mass is 478 g/mol. The summed E-state index contributed by atoms with van der Waals surface area (Å²) in [4.78, 5) is 30.8. The number of rotatable bonds is 7. The maximum atomic E-state index is 13.3. The van der Waals surface area contributed by atoms with Gasteiger partial charge in [-0.25, -0.2) is 13.4 Å². The zero-order chi connectivity index (χ0) is 24.3. The van der Waals surface area contributed by atoms with Crippen LogP contribution < -0.4 is 14.9 Å². The molecule has 8 nitrogen and oxygen atoms in total. The van der Waals surface area contributed by atoms with Crippen LogP contribution in [-0.2, 0) is 32.5 Å². The van der Waals surface area contributed by atoms with Crippen LogP contribution in [0, 0.1) is 6.92 Å². The van der Waals surface area contributed by atoms with E-state index in [2.05, 4.69) is 15.0 Å². The van der Waals surface area contributed by atoms with Crippen LogP contribution in [-0.4, -0.2) is 37.8 Å². The fourth-order valence-corrected chi connectivity index (χ4v) is 5.17. The number of benzene rings is 2. The highest BCUT2D eigenvalue weighted by Gasteiger charge is 2.29. The minimum absolute atomic E-state index is 0.0518. The van der Waals surface area contributed by atoms with Gasteiger partial charge in [-0.3, -0.25) is 9.59 Å². The van der Waals surface area contributed by atoms with Gasteiger partial charge in [0, 0.05) is 25.4 Å². The average molecular weight is 479 g/mol. The second kappa shape index (κ2) is 9.74.